The van der Waals surface area contributed by atoms with Crippen molar-refractivity contribution < 1.29 is 4.42 Å². The summed E-state index contributed by atoms with van der Waals surface area (Å²) in [6.45, 7) is 3.88. The van der Waals surface area contributed by atoms with Gasteiger partial charge in [-0.1, -0.05) is 0 Å². The van der Waals surface area contributed by atoms with E-state index in [0.29, 0.717) is 0 Å². The van der Waals surface area contributed by atoms with E-state index in [9.17, 15) is 0 Å². The van der Waals surface area contributed by atoms with E-state index in [1.807, 2.05) is 26.0 Å². The van der Waals surface area contributed by atoms with Crippen LogP contribution in [0.25, 0.3) is 0 Å². The molecule has 0 aliphatic carbocycles. The summed E-state index contributed by atoms with van der Waals surface area (Å²) in [7, 11) is 0. The monoisotopic (exact) mass is 185 g/mol. The SMILES string of the molecule is CSCc1ccc(C(C)(C)N)o1. The molecule has 1 rings (SSSR count). The molecule has 2 nitrogen and oxygen atoms in total. The molecule has 0 unspecified atom stereocenters. The Morgan fingerprint density at radius 2 is 2.17 bits per heavy atom. The molecule has 1 aromatic heterocycles. The fourth-order valence-corrected chi connectivity index (χ4v) is 1.38. The quantitative estimate of drug-likeness (QED) is 0.785. The zero-order valence-corrected chi connectivity index (χ0v) is 8.57. The van der Waals surface area contributed by atoms with Gasteiger partial charge < -0.3 is 10.2 Å². The van der Waals surface area contributed by atoms with Crippen LogP contribution in [0.3, 0.4) is 0 Å². The van der Waals surface area contributed by atoms with Crippen molar-refractivity contribution in [3.8, 4) is 0 Å². The minimum atomic E-state index is -0.364. The maximum Gasteiger partial charge on any atom is 0.123 e. The maximum atomic E-state index is 5.87. The Morgan fingerprint density at radius 3 is 2.58 bits per heavy atom. The predicted molar refractivity (Wildman–Crippen MR) is 53.1 cm³/mol. The van der Waals surface area contributed by atoms with E-state index in [0.717, 1.165) is 17.3 Å². The third-order valence-electron chi connectivity index (χ3n) is 1.58. The van der Waals surface area contributed by atoms with Gasteiger partial charge in [0.25, 0.3) is 0 Å². The second-order valence-corrected chi connectivity index (χ2v) is 4.29. The van der Waals surface area contributed by atoms with Gasteiger partial charge >= 0.3 is 0 Å². The highest BCUT2D eigenvalue weighted by Crippen LogP contribution is 2.21. The smallest absolute Gasteiger partial charge is 0.123 e. The van der Waals surface area contributed by atoms with Crippen LogP contribution in [0.5, 0.6) is 0 Å². The molecule has 0 aliphatic rings. The molecule has 12 heavy (non-hydrogen) atoms. The molecule has 0 aliphatic heterocycles. The minimum absolute atomic E-state index is 0.364. The molecule has 0 bridgehead atoms. The minimum Gasteiger partial charge on any atom is -0.463 e. The number of furan rings is 1. The van der Waals surface area contributed by atoms with Crippen LogP contribution in [0.2, 0.25) is 0 Å². The molecule has 0 spiro atoms. The first kappa shape index (κ1) is 9.68. The van der Waals surface area contributed by atoms with E-state index in [1.165, 1.54) is 0 Å². The summed E-state index contributed by atoms with van der Waals surface area (Å²) in [6, 6.07) is 3.94. The summed E-state index contributed by atoms with van der Waals surface area (Å²) >= 11 is 1.74. The molecule has 0 saturated carbocycles. The number of hydrogen-bond donors (Lipinski definition) is 1. The zero-order chi connectivity index (χ0) is 9.19. The molecular formula is C9H15NOS. The van der Waals surface area contributed by atoms with Crippen molar-refractivity contribution in [3.05, 3.63) is 23.7 Å². The Balaban J connectivity index is 2.77. The van der Waals surface area contributed by atoms with Crippen molar-refractivity contribution in [2.45, 2.75) is 25.1 Å². The summed E-state index contributed by atoms with van der Waals surface area (Å²) in [5.74, 6) is 2.76. The third kappa shape index (κ3) is 2.29. The lowest BCUT2D eigenvalue weighted by Gasteiger charge is -2.14. The highest BCUT2D eigenvalue weighted by Gasteiger charge is 2.18. The molecule has 2 N–H and O–H groups in total. The number of rotatable bonds is 3. The lowest BCUT2D eigenvalue weighted by molar-refractivity contribution is 0.381. The van der Waals surface area contributed by atoms with Crippen LogP contribution in [0, 0.1) is 0 Å². The summed E-state index contributed by atoms with van der Waals surface area (Å²) in [5.41, 5.74) is 5.50. The molecule has 0 aromatic carbocycles. The van der Waals surface area contributed by atoms with Gasteiger partial charge in [0.1, 0.15) is 11.5 Å². The van der Waals surface area contributed by atoms with Gasteiger partial charge in [-0.25, -0.2) is 0 Å². The van der Waals surface area contributed by atoms with Gasteiger partial charge in [-0.2, -0.15) is 11.8 Å². The van der Waals surface area contributed by atoms with E-state index < -0.39 is 0 Å². The normalized spacial score (nSPS) is 12.0. The first-order chi connectivity index (χ1) is 5.54. The van der Waals surface area contributed by atoms with Crippen LogP contribution in [-0.2, 0) is 11.3 Å². The van der Waals surface area contributed by atoms with Crippen molar-refractivity contribution in [1.82, 2.24) is 0 Å². The lowest BCUT2D eigenvalue weighted by atomic mass is 10.0. The van der Waals surface area contributed by atoms with Crippen LogP contribution in [0.15, 0.2) is 16.5 Å². The van der Waals surface area contributed by atoms with E-state index in [-0.39, 0.29) is 5.54 Å². The highest BCUT2D eigenvalue weighted by molar-refractivity contribution is 7.97. The van der Waals surface area contributed by atoms with Crippen LogP contribution in [0.4, 0.5) is 0 Å². The summed E-state index contributed by atoms with van der Waals surface area (Å²) < 4.78 is 5.54. The molecule has 0 fully saturated rings. The number of hydrogen-bond acceptors (Lipinski definition) is 3. The van der Waals surface area contributed by atoms with Crippen molar-refractivity contribution >= 4 is 11.8 Å². The van der Waals surface area contributed by atoms with Gasteiger partial charge in [0, 0.05) is 0 Å². The maximum absolute atomic E-state index is 5.87. The molecular weight excluding hydrogens is 170 g/mol. The van der Waals surface area contributed by atoms with Gasteiger partial charge in [-0.05, 0) is 32.2 Å². The predicted octanol–water partition coefficient (Wildman–Crippen LogP) is 2.34. The first-order valence-electron chi connectivity index (χ1n) is 3.91. The van der Waals surface area contributed by atoms with E-state index in [1.54, 1.807) is 11.8 Å². The van der Waals surface area contributed by atoms with Gasteiger partial charge in [-0.15, -0.1) is 0 Å². The van der Waals surface area contributed by atoms with Gasteiger partial charge in [0.2, 0.25) is 0 Å². The molecule has 0 amide bonds. The average molecular weight is 185 g/mol. The summed E-state index contributed by atoms with van der Waals surface area (Å²) in [6.07, 6.45) is 2.05. The Kier molecular flexibility index (Phi) is 2.85. The topological polar surface area (TPSA) is 39.2 Å². The van der Waals surface area contributed by atoms with Gasteiger partial charge in [0.15, 0.2) is 0 Å². The molecule has 1 heterocycles. The Bertz CT molecular complexity index is 249. The molecule has 0 saturated heterocycles. The summed E-state index contributed by atoms with van der Waals surface area (Å²) in [4.78, 5) is 0. The van der Waals surface area contributed by atoms with Crippen molar-refractivity contribution in [1.29, 1.82) is 0 Å². The van der Waals surface area contributed by atoms with Crippen molar-refractivity contribution in [2.75, 3.05) is 6.26 Å². The van der Waals surface area contributed by atoms with E-state index >= 15 is 0 Å². The van der Waals surface area contributed by atoms with Gasteiger partial charge in [0.05, 0.1) is 11.3 Å². The molecule has 3 heteroatoms. The second-order valence-electron chi connectivity index (χ2n) is 3.42. The fourth-order valence-electron chi connectivity index (χ4n) is 0.944. The van der Waals surface area contributed by atoms with Gasteiger partial charge in [-0.3, -0.25) is 0 Å². The van der Waals surface area contributed by atoms with Crippen molar-refractivity contribution in [2.24, 2.45) is 5.73 Å². The number of nitrogens with two attached hydrogens (primary N) is 1. The molecule has 0 atom stereocenters. The molecule has 68 valence electrons. The largest absolute Gasteiger partial charge is 0.463 e. The average Bonchev–Trinajstić information content (AvgIpc) is 2.35. The molecule has 1 aromatic rings. The Hall–Kier alpha value is -0.410. The summed E-state index contributed by atoms with van der Waals surface area (Å²) in [5, 5.41) is 0. The zero-order valence-electron chi connectivity index (χ0n) is 7.76. The van der Waals surface area contributed by atoms with Crippen LogP contribution in [-0.4, -0.2) is 6.26 Å². The fraction of sp³-hybridized carbons (Fsp3) is 0.556. The third-order valence-corrected chi connectivity index (χ3v) is 2.16. The molecule has 0 radical (unpaired) electrons. The highest BCUT2D eigenvalue weighted by atomic mass is 32.2. The van der Waals surface area contributed by atoms with Crippen LogP contribution in [0.1, 0.15) is 25.4 Å². The lowest BCUT2D eigenvalue weighted by Crippen LogP contribution is -2.27. The first-order valence-corrected chi connectivity index (χ1v) is 5.30. The van der Waals surface area contributed by atoms with E-state index in [2.05, 4.69) is 6.26 Å². The van der Waals surface area contributed by atoms with Crippen molar-refractivity contribution in [3.63, 3.8) is 0 Å². The number of thioether (sulfide) groups is 1. The van der Waals surface area contributed by atoms with Crippen LogP contribution < -0.4 is 5.73 Å². The Morgan fingerprint density at radius 1 is 1.50 bits per heavy atom. The van der Waals surface area contributed by atoms with Crippen LogP contribution >= 0.6 is 11.8 Å². The Labute approximate surface area is 77.5 Å². The standard InChI is InChI=1S/C9H15NOS/c1-9(2,10)8-5-4-7(11-8)6-12-3/h4-5H,6,10H2,1-3H3. The van der Waals surface area contributed by atoms with E-state index in [4.69, 9.17) is 10.2 Å². The second kappa shape index (κ2) is 3.54.